The molecule has 0 unspecified atom stereocenters. The van der Waals surface area contributed by atoms with Crippen LogP contribution in [0, 0.1) is 11.7 Å². The van der Waals surface area contributed by atoms with Gasteiger partial charge in [-0.15, -0.1) is 0 Å². The van der Waals surface area contributed by atoms with Gasteiger partial charge in [-0.05, 0) is 54.7 Å². The van der Waals surface area contributed by atoms with Gasteiger partial charge >= 0.3 is 0 Å². The van der Waals surface area contributed by atoms with Gasteiger partial charge in [-0.3, -0.25) is 9.59 Å². The molecule has 2 amide bonds. The standard InChI is InChI=1S/C24H25FN2O2/c25-22-8-6-20(7-9-22)23(28)27-16-12-21(13-17-27)24(29)26-14-10-19(11-15-26)18-4-2-1-3-5-18/h1-10,21H,11-17H2. The second kappa shape index (κ2) is 8.60. The normalized spacial score (nSPS) is 17.8. The van der Waals surface area contributed by atoms with Gasteiger partial charge in [0.25, 0.3) is 5.91 Å². The van der Waals surface area contributed by atoms with E-state index in [1.54, 1.807) is 4.90 Å². The van der Waals surface area contributed by atoms with Gasteiger partial charge in [0, 0.05) is 37.7 Å². The van der Waals surface area contributed by atoms with Crippen LogP contribution in [0.4, 0.5) is 4.39 Å². The average Bonchev–Trinajstić information content (AvgIpc) is 2.79. The molecule has 5 heteroatoms. The number of carbonyl (C=O) groups excluding carboxylic acids is 2. The molecule has 0 aliphatic carbocycles. The Morgan fingerprint density at radius 2 is 1.55 bits per heavy atom. The van der Waals surface area contributed by atoms with E-state index >= 15 is 0 Å². The fraction of sp³-hybridized carbons (Fsp3) is 0.333. The third kappa shape index (κ3) is 4.39. The summed E-state index contributed by atoms with van der Waals surface area (Å²) in [6, 6.07) is 15.9. The summed E-state index contributed by atoms with van der Waals surface area (Å²) in [5, 5.41) is 0. The fourth-order valence-corrected chi connectivity index (χ4v) is 4.15. The Bertz CT molecular complexity index is 900. The molecule has 0 N–H and O–H groups in total. The first-order chi connectivity index (χ1) is 14.1. The quantitative estimate of drug-likeness (QED) is 0.792. The van der Waals surface area contributed by atoms with E-state index < -0.39 is 0 Å². The Morgan fingerprint density at radius 1 is 0.862 bits per heavy atom. The predicted molar refractivity (Wildman–Crippen MR) is 111 cm³/mol. The Morgan fingerprint density at radius 3 is 2.17 bits per heavy atom. The van der Waals surface area contributed by atoms with Crippen LogP contribution >= 0.6 is 0 Å². The molecule has 29 heavy (non-hydrogen) atoms. The van der Waals surface area contributed by atoms with Gasteiger partial charge in [-0.1, -0.05) is 36.4 Å². The van der Waals surface area contributed by atoms with Gasteiger partial charge < -0.3 is 9.80 Å². The molecule has 0 bridgehead atoms. The number of rotatable bonds is 3. The molecule has 0 saturated carbocycles. The van der Waals surface area contributed by atoms with Crippen molar-refractivity contribution in [3.05, 3.63) is 77.6 Å². The highest BCUT2D eigenvalue weighted by Crippen LogP contribution is 2.26. The molecule has 150 valence electrons. The molecule has 1 fully saturated rings. The number of hydrogen-bond acceptors (Lipinski definition) is 2. The van der Waals surface area contributed by atoms with Crippen molar-refractivity contribution in [2.45, 2.75) is 19.3 Å². The van der Waals surface area contributed by atoms with E-state index in [1.807, 2.05) is 23.1 Å². The SMILES string of the molecule is O=C(c1ccc(F)cc1)N1CCC(C(=O)N2CC=C(c3ccccc3)CC2)CC1. The van der Waals surface area contributed by atoms with Crippen LogP contribution in [0.3, 0.4) is 0 Å². The van der Waals surface area contributed by atoms with Crippen molar-refractivity contribution in [1.82, 2.24) is 9.80 Å². The largest absolute Gasteiger partial charge is 0.339 e. The van der Waals surface area contributed by atoms with Crippen molar-refractivity contribution in [1.29, 1.82) is 0 Å². The van der Waals surface area contributed by atoms with E-state index in [0.717, 1.165) is 13.0 Å². The van der Waals surface area contributed by atoms with Crippen molar-refractivity contribution in [3.63, 3.8) is 0 Å². The molecule has 0 spiro atoms. The van der Waals surface area contributed by atoms with E-state index in [4.69, 9.17) is 0 Å². The number of hydrogen-bond donors (Lipinski definition) is 0. The van der Waals surface area contributed by atoms with Crippen LogP contribution < -0.4 is 0 Å². The minimum absolute atomic E-state index is 0.0288. The van der Waals surface area contributed by atoms with Crippen molar-refractivity contribution in [3.8, 4) is 0 Å². The molecule has 2 aromatic rings. The van der Waals surface area contributed by atoms with Gasteiger partial charge in [0.1, 0.15) is 5.82 Å². The molecule has 1 saturated heterocycles. The zero-order valence-corrected chi connectivity index (χ0v) is 16.4. The van der Waals surface area contributed by atoms with Crippen LogP contribution in [0.5, 0.6) is 0 Å². The Hall–Kier alpha value is -2.95. The summed E-state index contributed by atoms with van der Waals surface area (Å²) in [6.45, 7) is 2.52. The van der Waals surface area contributed by atoms with Crippen molar-refractivity contribution in [2.75, 3.05) is 26.2 Å². The topological polar surface area (TPSA) is 40.6 Å². The first-order valence-corrected chi connectivity index (χ1v) is 10.2. The van der Waals surface area contributed by atoms with Crippen LogP contribution in [-0.2, 0) is 4.79 Å². The van der Waals surface area contributed by atoms with Crippen molar-refractivity contribution < 1.29 is 14.0 Å². The maximum absolute atomic E-state index is 13.1. The lowest BCUT2D eigenvalue weighted by Crippen LogP contribution is -2.45. The number of halogens is 1. The number of likely N-dealkylation sites (tertiary alicyclic amines) is 1. The maximum atomic E-state index is 13.1. The van der Waals surface area contributed by atoms with E-state index in [-0.39, 0.29) is 23.5 Å². The third-order valence-corrected chi connectivity index (χ3v) is 5.89. The lowest BCUT2D eigenvalue weighted by molar-refractivity contribution is -0.136. The minimum Gasteiger partial charge on any atom is -0.339 e. The summed E-state index contributed by atoms with van der Waals surface area (Å²) in [5.41, 5.74) is 3.02. The highest BCUT2D eigenvalue weighted by atomic mass is 19.1. The number of amides is 2. The molecular formula is C24H25FN2O2. The Balaban J connectivity index is 1.31. The summed E-state index contributed by atoms with van der Waals surface area (Å²) in [7, 11) is 0. The lowest BCUT2D eigenvalue weighted by Gasteiger charge is -2.35. The summed E-state index contributed by atoms with van der Waals surface area (Å²) < 4.78 is 13.1. The Labute approximate surface area is 170 Å². The number of piperidine rings is 1. The molecule has 0 aromatic heterocycles. The molecule has 2 heterocycles. The monoisotopic (exact) mass is 392 g/mol. The summed E-state index contributed by atoms with van der Waals surface area (Å²) >= 11 is 0. The van der Waals surface area contributed by atoms with Gasteiger partial charge in [0.2, 0.25) is 5.91 Å². The lowest BCUT2D eigenvalue weighted by atomic mass is 9.93. The maximum Gasteiger partial charge on any atom is 0.253 e. The van der Waals surface area contributed by atoms with Crippen LogP contribution in [0.25, 0.3) is 5.57 Å². The highest BCUT2D eigenvalue weighted by molar-refractivity contribution is 5.94. The number of carbonyl (C=O) groups is 2. The molecule has 2 aliphatic rings. The molecule has 2 aliphatic heterocycles. The van der Waals surface area contributed by atoms with Gasteiger partial charge in [-0.2, -0.15) is 0 Å². The smallest absolute Gasteiger partial charge is 0.253 e. The van der Waals surface area contributed by atoms with Gasteiger partial charge in [0.15, 0.2) is 0 Å². The van der Waals surface area contributed by atoms with Crippen molar-refractivity contribution >= 4 is 17.4 Å². The minimum atomic E-state index is -0.350. The number of nitrogens with zero attached hydrogens (tertiary/aromatic N) is 2. The van der Waals surface area contributed by atoms with Gasteiger partial charge in [-0.25, -0.2) is 4.39 Å². The Kier molecular flexibility index (Phi) is 5.74. The van der Waals surface area contributed by atoms with Gasteiger partial charge in [0.05, 0.1) is 0 Å². The first-order valence-electron chi connectivity index (χ1n) is 10.2. The molecule has 4 nitrogen and oxygen atoms in total. The third-order valence-electron chi connectivity index (χ3n) is 5.89. The summed E-state index contributed by atoms with van der Waals surface area (Å²) in [6.07, 6.45) is 4.39. The first kappa shape index (κ1) is 19.4. The summed E-state index contributed by atoms with van der Waals surface area (Å²) in [4.78, 5) is 29.2. The van der Waals surface area contributed by atoms with Crippen LogP contribution in [0.1, 0.15) is 35.2 Å². The molecule has 4 rings (SSSR count). The molecule has 0 radical (unpaired) electrons. The van der Waals surface area contributed by atoms with E-state index in [9.17, 15) is 14.0 Å². The molecule has 2 aromatic carbocycles. The van der Waals surface area contributed by atoms with Crippen LogP contribution in [0.15, 0.2) is 60.7 Å². The molecule has 0 atom stereocenters. The average molecular weight is 392 g/mol. The van der Waals surface area contributed by atoms with Crippen LogP contribution in [0.2, 0.25) is 0 Å². The predicted octanol–water partition coefficient (Wildman–Crippen LogP) is 3.99. The second-order valence-corrected chi connectivity index (χ2v) is 7.70. The van der Waals surface area contributed by atoms with E-state index in [2.05, 4.69) is 18.2 Å². The second-order valence-electron chi connectivity index (χ2n) is 7.70. The van der Waals surface area contributed by atoms with Crippen LogP contribution in [-0.4, -0.2) is 47.8 Å². The highest BCUT2D eigenvalue weighted by Gasteiger charge is 2.31. The van der Waals surface area contributed by atoms with E-state index in [0.29, 0.717) is 38.0 Å². The van der Waals surface area contributed by atoms with E-state index in [1.165, 1.54) is 35.4 Å². The fourth-order valence-electron chi connectivity index (χ4n) is 4.15. The van der Waals surface area contributed by atoms with Crippen molar-refractivity contribution in [2.24, 2.45) is 5.92 Å². The zero-order valence-electron chi connectivity index (χ0n) is 16.4. The zero-order chi connectivity index (χ0) is 20.2. The summed E-state index contributed by atoms with van der Waals surface area (Å²) in [5.74, 6) is -0.276. The number of benzene rings is 2. The molecular weight excluding hydrogens is 367 g/mol.